The van der Waals surface area contributed by atoms with E-state index in [2.05, 4.69) is 22.1 Å². The van der Waals surface area contributed by atoms with Crippen LogP contribution in [-0.4, -0.2) is 33.5 Å². The summed E-state index contributed by atoms with van der Waals surface area (Å²) in [5.41, 5.74) is 1.87. The molecule has 1 heterocycles. The van der Waals surface area contributed by atoms with Crippen LogP contribution in [0, 0.1) is 6.92 Å². The number of aryl methyl sites for hydroxylation is 1. The first kappa shape index (κ1) is 22.4. The Balaban J connectivity index is 1.65. The van der Waals surface area contributed by atoms with Gasteiger partial charge in [0.25, 0.3) is 0 Å². The lowest BCUT2D eigenvalue weighted by Gasteiger charge is -2.16. The van der Waals surface area contributed by atoms with Crippen LogP contribution < -0.4 is 14.8 Å². The number of methoxy groups -OCH3 is 1. The van der Waals surface area contributed by atoms with Crippen LogP contribution in [-0.2, 0) is 11.3 Å². The van der Waals surface area contributed by atoms with Gasteiger partial charge in [-0.2, -0.15) is 0 Å². The maximum Gasteiger partial charge on any atom is 0.234 e. The van der Waals surface area contributed by atoms with Crippen molar-refractivity contribution in [1.29, 1.82) is 0 Å². The summed E-state index contributed by atoms with van der Waals surface area (Å²) in [4.78, 5) is 12.4. The van der Waals surface area contributed by atoms with Crippen LogP contribution in [0.25, 0.3) is 0 Å². The Morgan fingerprint density at radius 1 is 1.23 bits per heavy atom. The van der Waals surface area contributed by atoms with Crippen molar-refractivity contribution in [3.63, 3.8) is 0 Å². The molecule has 1 atom stereocenters. The monoisotopic (exact) mass is 438 g/mol. The fourth-order valence-corrected chi connectivity index (χ4v) is 3.72. The van der Waals surface area contributed by atoms with Crippen LogP contribution in [0.4, 0.5) is 5.69 Å². The quantitative estimate of drug-likeness (QED) is 0.367. The normalized spacial score (nSPS) is 11.6. The van der Waals surface area contributed by atoms with Crippen molar-refractivity contribution in [2.75, 3.05) is 18.2 Å². The summed E-state index contributed by atoms with van der Waals surface area (Å²) in [6.45, 7) is 8.23. The van der Waals surface area contributed by atoms with Crippen LogP contribution in [0.5, 0.6) is 11.5 Å². The van der Waals surface area contributed by atoms with Crippen LogP contribution >= 0.6 is 11.8 Å². The number of hydrogen-bond acceptors (Lipinski definition) is 6. The molecule has 3 aromatic rings. The highest BCUT2D eigenvalue weighted by Crippen LogP contribution is 2.26. The second-order valence-corrected chi connectivity index (χ2v) is 7.82. The van der Waals surface area contributed by atoms with E-state index in [0.717, 1.165) is 17.0 Å². The van der Waals surface area contributed by atoms with Crippen molar-refractivity contribution in [3.05, 3.63) is 72.6 Å². The Kier molecular flexibility index (Phi) is 7.72. The Hall–Kier alpha value is -3.26. The van der Waals surface area contributed by atoms with E-state index in [4.69, 9.17) is 9.47 Å². The molecule has 0 saturated heterocycles. The highest BCUT2D eigenvalue weighted by molar-refractivity contribution is 7.99. The number of rotatable bonds is 10. The third-order valence-corrected chi connectivity index (χ3v) is 5.39. The predicted octanol–water partition coefficient (Wildman–Crippen LogP) is 4.65. The molecule has 0 aliphatic heterocycles. The maximum absolute atomic E-state index is 12.4. The minimum atomic E-state index is -0.337. The average molecular weight is 439 g/mol. The summed E-state index contributed by atoms with van der Waals surface area (Å²) in [6, 6.07) is 15.1. The number of benzene rings is 2. The van der Waals surface area contributed by atoms with Crippen LogP contribution in [0.1, 0.15) is 24.4 Å². The number of hydrogen-bond donors (Lipinski definition) is 1. The molecule has 1 aromatic heterocycles. The molecule has 0 saturated carbocycles. The topological polar surface area (TPSA) is 78.3 Å². The first-order chi connectivity index (χ1) is 15.0. The molecule has 0 spiro atoms. The number of ether oxygens (including phenoxy) is 2. The van der Waals surface area contributed by atoms with Gasteiger partial charge in [-0.1, -0.05) is 30.0 Å². The number of carbonyl (C=O) groups excluding carboxylic acids is 1. The molecule has 7 nitrogen and oxygen atoms in total. The Morgan fingerprint density at radius 3 is 2.65 bits per heavy atom. The third-order valence-electron chi connectivity index (χ3n) is 4.43. The third kappa shape index (κ3) is 6.11. The zero-order chi connectivity index (χ0) is 22.2. The van der Waals surface area contributed by atoms with Crippen LogP contribution in [0.15, 0.2) is 66.3 Å². The lowest BCUT2D eigenvalue weighted by atomic mass is 10.2. The number of nitrogens with one attached hydrogen (secondary N) is 1. The molecule has 1 unspecified atom stereocenters. The van der Waals surface area contributed by atoms with Crippen molar-refractivity contribution in [2.24, 2.45) is 0 Å². The van der Waals surface area contributed by atoms with Crippen molar-refractivity contribution < 1.29 is 14.3 Å². The first-order valence-electron chi connectivity index (χ1n) is 9.84. The smallest absolute Gasteiger partial charge is 0.234 e. The minimum Gasteiger partial charge on any atom is -0.497 e. The summed E-state index contributed by atoms with van der Waals surface area (Å²) in [5, 5.41) is 12.1. The molecule has 2 aromatic carbocycles. The molecule has 1 N–H and O–H groups in total. The molecule has 8 heteroatoms. The molecule has 1 amide bonds. The predicted molar refractivity (Wildman–Crippen MR) is 123 cm³/mol. The van der Waals surface area contributed by atoms with Gasteiger partial charge in [0.2, 0.25) is 5.91 Å². The fraction of sp³-hybridized carbons (Fsp3) is 0.261. The highest BCUT2D eigenvalue weighted by atomic mass is 32.2. The van der Waals surface area contributed by atoms with E-state index in [-0.39, 0.29) is 17.8 Å². The van der Waals surface area contributed by atoms with Gasteiger partial charge in [-0.05, 0) is 55.8 Å². The standard InChI is InChI=1S/C23H26N4O3S/c1-5-13-27-22(17(3)30-20-11-9-19(29-4)10-12-20)25-26-23(27)31-15-21(28)24-18-8-6-7-16(2)14-18/h5-12,14,17H,1,13,15H2,2-4H3,(H,24,28). The molecule has 0 bridgehead atoms. The summed E-state index contributed by atoms with van der Waals surface area (Å²) in [5.74, 6) is 2.24. The second kappa shape index (κ2) is 10.7. The first-order valence-corrected chi connectivity index (χ1v) is 10.8. The summed E-state index contributed by atoms with van der Waals surface area (Å²) < 4.78 is 13.1. The number of allylic oxidation sites excluding steroid dienone is 1. The van der Waals surface area contributed by atoms with Gasteiger partial charge in [-0.25, -0.2) is 0 Å². The van der Waals surface area contributed by atoms with E-state index < -0.39 is 0 Å². The van der Waals surface area contributed by atoms with E-state index in [1.807, 2.05) is 66.9 Å². The number of anilines is 1. The van der Waals surface area contributed by atoms with Gasteiger partial charge in [0.1, 0.15) is 11.5 Å². The number of carbonyl (C=O) groups is 1. The zero-order valence-corrected chi connectivity index (χ0v) is 18.7. The van der Waals surface area contributed by atoms with E-state index in [9.17, 15) is 4.79 Å². The second-order valence-electron chi connectivity index (χ2n) is 6.88. The Morgan fingerprint density at radius 2 is 1.97 bits per heavy atom. The largest absolute Gasteiger partial charge is 0.497 e. The average Bonchev–Trinajstić information content (AvgIpc) is 3.16. The van der Waals surface area contributed by atoms with Crippen LogP contribution in [0.3, 0.4) is 0 Å². The van der Waals surface area contributed by atoms with E-state index in [1.165, 1.54) is 11.8 Å². The number of thioether (sulfide) groups is 1. The van der Waals surface area contributed by atoms with E-state index in [0.29, 0.717) is 23.3 Å². The molecule has 0 radical (unpaired) electrons. The maximum atomic E-state index is 12.4. The van der Waals surface area contributed by atoms with E-state index in [1.54, 1.807) is 13.2 Å². The summed E-state index contributed by atoms with van der Waals surface area (Å²) in [6.07, 6.45) is 1.43. The molecule has 31 heavy (non-hydrogen) atoms. The minimum absolute atomic E-state index is 0.104. The molecular weight excluding hydrogens is 412 g/mol. The number of amides is 1. The number of aromatic nitrogens is 3. The van der Waals surface area contributed by atoms with Gasteiger partial charge in [-0.15, -0.1) is 16.8 Å². The number of nitrogens with zero attached hydrogens (tertiary/aromatic N) is 3. The van der Waals surface area contributed by atoms with Gasteiger partial charge < -0.3 is 14.8 Å². The molecule has 0 aliphatic carbocycles. The van der Waals surface area contributed by atoms with Crippen molar-refractivity contribution in [3.8, 4) is 11.5 Å². The Bertz CT molecular complexity index is 1030. The summed E-state index contributed by atoms with van der Waals surface area (Å²) >= 11 is 1.33. The lowest BCUT2D eigenvalue weighted by molar-refractivity contribution is -0.113. The molecule has 0 fully saturated rings. The molecule has 0 aliphatic rings. The van der Waals surface area contributed by atoms with Gasteiger partial charge >= 0.3 is 0 Å². The van der Waals surface area contributed by atoms with Gasteiger partial charge in [0.15, 0.2) is 17.1 Å². The van der Waals surface area contributed by atoms with Crippen LogP contribution in [0.2, 0.25) is 0 Å². The van der Waals surface area contributed by atoms with Gasteiger partial charge in [0, 0.05) is 12.2 Å². The van der Waals surface area contributed by atoms with Gasteiger partial charge in [0.05, 0.1) is 12.9 Å². The fourth-order valence-electron chi connectivity index (χ4n) is 2.97. The van der Waals surface area contributed by atoms with Crippen molar-refractivity contribution in [1.82, 2.24) is 14.8 Å². The van der Waals surface area contributed by atoms with Crippen molar-refractivity contribution in [2.45, 2.75) is 31.7 Å². The Labute approximate surface area is 186 Å². The molecule has 162 valence electrons. The highest BCUT2D eigenvalue weighted by Gasteiger charge is 2.20. The lowest BCUT2D eigenvalue weighted by Crippen LogP contribution is -2.15. The SMILES string of the molecule is C=CCn1c(SCC(=O)Nc2cccc(C)c2)nnc1C(C)Oc1ccc(OC)cc1. The van der Waals surface area contributed by atoms with Crippen molar-refractivity contribution >= 4 is 23.4 Å². The molecule has 3 rings (SSSR count). The zero-order valence-electron chi connectivity index (χ0n) is 17.9. The summed E-state index contributed by atoms with van der Waals surface area (Å²) in [7, 11) is 1.62. The van der Waals surface area contributed by atoms with E-state index >= 15 is 0 Å². The van der Waals surface area contributed by atoms with Gasteiger partial charge in [-0.3, -0.25) is 9.36 Å². The molecular formula is C23H26N4O3S.